The molecule has 1 N–H and O–H groups in total. The monoisotopic (exact) mass is 692 g/mol. The van der Waals surface area contributed by atoms with Crippen molar-refractivity contribution in [2.45, 2.75) is 19.6 Å². The van der Waals surface area contributed by atoms with Gasteiger partial charge in [-0.15, -0.1) is 0 Å². The van der Waals surface area contributed by atoms with Gasteiger partial charge in [0.15, 0.2) is 11.5 Å². The molecule has 6 rings (SSSR count). The van der Waals surface area contributed by atoms with Crippen LogP contribution in [0.4, 0.5) is 14.9 Å². The Bertz CT molecular complexity index is 2260. The Balaban J connectivity index is 1.16. The SMILES string of the molecule is COc1cc2nccc(Oc3ccc(NC(=O)Oc4cn(CCCOCc5ccccc5)c(=O)n(-c5ccc(F)cc5)c4=O)cc3)c2cc1OC. The van der Waals surface area contributed by atoms with Crippen molar-refractivity contribution in [3.8, 4) is 34.4 Å². The molecule has 260 valence electrons. The van der Waals surface area contributed by atoms with E-state index >= 15 is 0 Å². The number of benzene rings is 4. The Morgan fingerprint density at radius 3 is 2.29 bits per heavy atom. The quantitative estimate of drug-likeness (QED) is 0.131. The molecule has 0 fully saturated rings. The van der Waals surface area contributed by atoms with Crippen LogP contribution in [0.25, 0.3) is 16.6 Å². The number of amides is 1. The van der Waals surface area contributed by atoms with Crippen molar-refractivity contribution < 1.29 is 32.9 Å². The van der Waals surface area contributed by atoms with E-state index in [9.17, 15) is 18.8 Å². The number of nitrogens with one attached hydrogen (secondary N) is 1. The van der Waals surface area contributed by atoms with Crippen LogP contribution < -0.4 is 35.5 Å². The zero-order valence-corrected chi connectivity index (χ0v) is 27.7. The molecular formula is C38H33FN4O8. The van der Waals surface area contributed by atoms with Crippen LogP contribution in [0.1, 0.15) is 12.0 Å². The fraction of sp³-hybridized carbons (Fsp3) is 0.158. The van der Waals surface area contributed by atoms with Crippen molar-refractivity contribution in [3.63, 3.8) is 0 Å². The van der Waals surface area contributed by atoms with Gasteiger partial charge in [0.05, 0.1) is 38.2 Å². The molecule has 0 saturated heterocycles. The van der Waals surface area contributed by atoms with Gasteiger partial charge in [-0.3, -0.25) is 19.7 Å². The van der Waals surface area contributed by atoms with Crippen molar-refractivity contribution in [2.75, 3.05) is 26.1 Å². The second-order valence-corrected chi connectivity index (χ2v) is 11.2. The summed E-state index contributed by atoms with van der Waals surface area (Å²) in [6.45, 7) is 0.882. The van der Waals surface area contributed by atoms with Crippen LogP contribution in [0.15, 0.2) is 119 Å². The maximum absolute atomic E-state index is 13.7. The topological polar surface area (TPSA) is 132 Å². The molecule has 0 aliphatic carbocycles. The maximum atomic E-state index is 13.7. The lowest BCUT2D eigenvalue weighted by Gasteiger charge is -2.14. The van der Waals surface area contributed by atoms with Gasteiger partial charge in [-0.25, -0.2) is 18.5 Å². The molecule has 51 heavy (non-hydrogen) atoms. The van der Waals surface area contributed by atoms with Gasteiger partial charge in [-0.2, -0.15) is 0 Å². The second-order valence-electron chi connectivity index (χ2n) is 11.2. The minimum absolute atomic E-state index is 0.112. The zero-order valence-electron chi connectivity index (χ0n) is 27.7. The third kappa shape index (κ3) is 8.23. The number of aryl methyl sites for hydroxylation is 1. The number of carbonyl (C=O) groups is 1. The fourth-order valence-electron chi connectivity index (χ4n) is 5.24. The third-order valence-electron chi connectivity index (χ3n) is 7.75. The number of halogens is 1. The van der Waals surface area contributed by atoms with Crippen LogP contribution in [-0.4, -0.2) is 41.0 Å². The first-order valence-corrected chi connectivity index (χ1v) is 15.8. The molecule has 0 aliphatic heterocycles. The number of hydrogen-bond acceptors (Lipinski definition) is 9. The van der Waals surface area contributed by atoms with E-state index in [-0.39, 0.29) is 12.2 Å². The molecule has 0 saturated carbocycles. The second kappa shape index (κ2) is 15.8. The lowest BCUT2D eigenvalue weighted by molar-refractivity contribution is 0.115. The number of fused-ring (bicyclic) bond motifs is 1. The molecule has 13 heteroatoms. The van der Waals surface area contributed by atoms with Gasteiger partial charge in [0, 0.05) is 36.5 Å². The number of pyridine rings is 1. The van der Waals surface area contributed by atoms with E-state index in [1.165, 1.54) is 22.9 Å². The molecule has 0 unspecified atom stereocenters. The van der Waals surface area contributed by atoms with Crippen molar-refractivity contribution in [1.82, 2.24) is 14.1 Å². The first-order chi connectivity index (χ1) is 24.8. The van der Waals surface area contributed by atoms with Crippen molar-refractivity contribution >= 4 is 22.7 Å². The molecule has 0 atom stereocenters. The van der Waals surface area contributed by atoms with Crippen LogP contribution >= 0.6 is 0 Å². The number of hydrogen-bond donors (Lipinski definition) is 1. The van der Waals surface area contributed by atoms with Crippen molar-refractivity contribution in [2.24, 2.45) is 0 Å². The smallest absolute Gasteiger partial charge is 0.417 e. The summed E-state index contributed by atoms with van der Waals surface area (Å²) >= 11 is 0. The zero-order chi connectivity index (χ0) is 35.7. The number of anilines is 1. The largest absolute Gasteiger partial charge is 0.493 e. The summed E-state index contributed by atoms with van der Waals surface area (Å²) in [7, 11) is 3.09. The van der Waals surface area contributed by atoms with Gasteiger partial charge in [-0.1, -0.05) is 30.3 Å². The average Bonchev–Trinajstić information content (AvgIpc) is 3.14. The van der Waals surface area contributed by atoms with Crippen LogP contribution in [0.3, 0.4) is 0 Å². The minimum Gasteiger partial charge on any atom is -0.493 e. The van der Waals surface area contributed by atoms with E-state index in [2.05, 4.69) is 10.3 Å². The highest BCUT2D eigenvalue weighted by Crippen LogP contribution is 2.37. The summed E-state index contributed by atoms with van der Waals surface area (Å²) in [5.74, 6) is 1.11. The van der Waals surface area contributed by atoms with E-state index in [1.54, 1.807) is 62.9 Å². The summed E-state index contributed by atoms with van der Waals surface area (Å²) in [6, 6.07) is 26.2. The molecule has 2 heterocycles. The molecule has 6 aromatic rings. The summed E-state index contributed by atoms with van der Waals surface area (Å²) in [4.78, 5) is 44.2. The van der Waals surface area contributed by atoms with Crippen molar-refractivity contribution in [3.05, 3.63) is 142 Å². The highest BCUT2D eigenvalue weighted by atomic mass is 19.1. The van der Waals surface area contributed by atoms with Crippen LogP contribution in [0.5, 0.6) is 28.7 Å². The third-order valence-corrected chi connectivity index (χ3v) is 7.75. The van der Waals surface area contributed by atoms with Gasteiger partial charge in [0.1, 0.15) is 17.3 Å². The van der Waals surface area contributed by atoms with Crippen LogP contribution in [0.2, 0.25) is 0 Å². The summed E-state index contributed by atoms with van der Waals surface area (Å²) in [5.41, 5.74) is 0.543. The predicted octanol–water partition coefficient (Wildman–Crippen LogP) is 6.71. The maximum Gasteiger partial charge on any atom is 0.417 e. The number of carbonyl (C=O) groups excluding carboxylic acids is 1. The number of rotatable bonds is 13. The average molecular weight is 693 g/mol. The van der Waals surface area contributed by atoms with E-state index in [1.807, 2.05) is 30.3 Å². The minimum atomic E-state index is -0.969. The summed E-state index contributed by atoms with van der Waals surface area (Å²) < 4.78 is 43.8. The highest BCUT2D eigenvalue weighted by molar-refractivity contribution is 5.88. The molecule has 2 aromatic heterocycles. The standard InChI is InChI=1S/C38H33FN4O8/c1-47-33-21-30-31(22-34(33)48-2)40-18-17-32(30)50-29-15-11-27(12-16-29)41-37(45)51-35-23-42(19-6-20-49-24-25-7-4-3-5-8-25)38(46)43(36(35)44)28-13-9-26(39)10-14-28/h3-5,7-18,21-23H,6,19-20,24H2,1-2H3,(H,41,45). The predicted molar refractivity (Wildman–Crippen MR) is 188 cm³/mol. The Morgan fingerprint density at radius 2 is 1.57 bits per heavy atom. The normalized spacial score (nSPS) is 10.9. The molecular weight excluding hydrogens is 659 g/mol. The summed E-state index contributed by atoms with van der Waals surface area (Å²) in [6.07, 6.45) is 2.25. The molecule has 12 nitrogen and oxygen atoms in total. The fourth-order valence-corrected chi connectivity index (χ4v) is 5.24. The van der Waals surface area contributed by atoms with E-state index in [0.717, 1.165) is 22.3 Å². The molecule has 0 aliphatic rings. The highest BCUT2D eigenvalue weighted by Gasteiger charge is 2.18. The van der Waals surface area contributed by atoms with Gasteiger partial charge in [0.25, 0.3) is 0 Å². The first kappa shape index (κ1) is 34.4. The molecule has 1 amide bonds. The van der Waals surface area contributed by atoms with Gasteiger partial charge in [-0.05, 0) is 72.6 Å². The van der Waals surface area contributed by atoms with Crippen LogP contribution in [-0.2, 0) is 17.9 Å². The molecule has 0 bridgehead atoms. The number of ether oxygens (including phenoxy) is 5. The van der Waals surface area contributed by atoms with E-state index in [4.69, 9.17) is 23.7 Å². The Labute approximate surface area is 291 Å². The lowest BCUT2D eigenvalue weighted by Crippen LogP contribution is -2.40. The lowest BCUT2D eigenvalue weighted by atomic mass is 10.2. The van der Waals surface area contributed by atoms with E-state index in [0.29, 0.717) is 59.2 Å². The number of methoxy groups -OCH3 is 2. The number of nitrogens with zero attached hydrogens (tertiary/aromatic N) is 3. The molecule has 0 spiro atoms. The first-order valence-electron chi connectivity index (χ1n) is 15.8. The summed E-state index contributed by atoms with van der Waals surface area (Å²) in [5, 5.41) is 3.28. The van der Waals surface area contributed by atoms with Crippen LogP contribution in [0, 0.1) is 5.82 Å². The van der Waals surface area contributed by atoms with Gasteiger partial charge >= 0.3 is 17.3 Å². The Hall–Kier alpha value is -6.47. The molecule has 4 aromatic carbocycles. The van der Waals surface area contributed by atoms with Gasteiger partial charge in [0.2, 0.25) is 5.75 Å². The Kier molecular flexibility index (Phi) is 10.7. The van der Waals surface area contributed by atoms with E-state index < -0.39 is 28.9 Å². The Morgan fingerprint density at radius 1 is 0.843 bits per heavy atom. The van der Waals surface area contributed by atoms with Gasteiger partial charge < -0.3 is 23.7 Å². The van der Waals surface area contributed by atoms with Crippen molar-refractivity contribution in [1.29, 1.82) is 0 Å². The number of aromatic nitrogens is 3. The molecule has 0 radical (unpaired) electrons.